The first kappa shape index (κ1) is 10.8. The second-order valence-corrected chi connectivity index (χ2v) is 4.33. The SMILES string of the molecule is C#CCN1C(=O)CSc2ccc(C=O)cc21. The molecule has 0 fully saturated rings. The highest BCUT2D eigenvalue weighted by atomic mass is 32.2. The van der Waals surface area contributed by atoms with Gasteiger partial charge in [-0.25, -0.2) is 0 Å². The number of rotatable bonds is 2. The molecule has 1 aromatic rings. The molecule has 0 N–H and O–H groups in total. The van der Waals surface area contributed by atoms with Crippen molar-refractivity contribution in [2.24, 2.45) is 0 Å². The Morgan fingerprint density at radius 2 is 2.38 bits per heavy atom. The van der Waals surface area contributed by atoms with Crippen LogP contribution in [0.5, 0.6) is 0 Å². The standard InChI is InChI=1S/C12H9NO2S/c1-2-5-13-10-6-9(7-14)3-4-11(10)16-8-12(13)15/h1,3-4,6-7H,5,8H2. The van der Waals surface area contributed by atoms with Gasteiger partial charge in [-0.1, -0.05) is 12.0 Å². The Morgan fingerprint density at radius 1 is 1.56 bits per heavy atom. The van der Waals surface area contributed by atoms with Gasteiger partial charge in [-0.15, -0.1) is 18.2 Å². The van der Waals surface area contributed by atoms with Gasteiger partial charge < -0.3 is 0 Å². The fourth-order valence-corrected chi connectivity index (χ4v) is 2.47. The first-order chi connectivity index (χ1) is 7.76. The Kier molecular flexibility index (Phi) is 2.97. The minimum Gasteiger partial charge on any atom is -0.299 e. The maximum Gasteiger partial charge on any atom is 0.238 e. The topological polar surface area (TPSA) is 37.4 Å². The summed E-state index contributed by atoms with van der Waals surface area (Å²) in [5, 5.41) is 0. The third-order valence-electron chi connectivity index (χ3n) is 2.31. The number of benzene rings is 1. The first-order valence-corrected chi connectivity index (χ1v) is 5.70. The Balaban J connectivity index is 2.48. The molecule has 0 bridgehead atoms. The van der Waals surface area contributed by atoms with E-state index in [0.29, 0.717) is 11.3 Å². The summed E-state index contributed by atoms with van der Waals surface area (Å²) in [5.41, 5.74) is 1.29. The van der Waals surface area contributed by atoms with E-state index < -0.39 is 0 Å². The largest absolute Gasteiger partial charge is 0.299 e. The number of anilines is 1. The van der Waals surface area contributed by atoms with Crippen LogP contribution in [0, 0.1) is 12.3 Å². The highest BCUT2D eigenvalue weighted by molar-refractivity contribution is 8.00. The van der Waals surface area contributed by atoms with Crippen molar-refractivity contribution in [3.8, 4) is 12.3 Å². The van der Waals surface area contributed by atoms with E-state index in [1.54, 1.807) is 17.0 Å². The zero-order chi connectivity index (χ0) is 11.5. The number of aldehydes is 1. The van der Waals surface area contributed by atoms with Crippen LogP contribution < -0.4 is 4.90 Å². The molecule has 0 saturated carbocycles. The number of nitrogens with zero attached hydrogens (tertiary/aromatic N) is 1. The molecular formula is C12H9NO2S. The number of hydrogen-bond donors (Lipinski definition) is 0. The van der Waals surface area contributed by atoms with Gasteiger partial charge in [0.25, 0.3) is 0 Å². The van der Waals surface area contributed by atoms with Gasteiger partial charge >= 0.3 is 0 Å². The van der Waals surface area contributed by atoms with Gasteiger partial charge in [0, 0.05) is 10.5 Å². The highest BCUT2D eigenvalue weighted by Gasteiger charge is 2.23. The number of thioether (sulfide) groups is 1. The summed E-state index contributed by atoms with van der Waals surface area (Å²) in [5.74, 6) is 2.84. The molecular weight excluding hydrogens is 222 g/mol. The third kappa shape index (κ3) is 1.82. The van der Waals surface area contributed by atoms with Crippen LogP contribution in [0.15, 0.2) is 23.1 Å². The summed E-state index contributed by atoms with van der Waals surface area (Å²) in [4.78, 5) is 24.9. The normalized spacial score (nSPS) is 14.2. The van der Waals surface area contributed by atoms with Gasteiger partial charge in [-0.2, -0.15) is 0 Å². The minimum absolute atomic E-state index is 0.0153. The van der Waals surface area contributed by atoms with Crippen molar-refractivity contribution in [2.45, 2.75) is 4.90 Å². The summed E-state index contributed by atoms with van der Waals surface area (Å²) in [6, 6.07) is 5.28. The van der Waals surface area contributed by atoms with Crippen LogP contribution in [0.4, 0.5) is 5.69 Å². The van der Waals surface area contributed by atoms with Crippen molar-refractivity contribution < 1.29 is 9.59 Å². The molecule has 0 spiro atoms. The van der Waals surface area contributed by atoms with E-state index in [9.17, 15) is 9.59 Å². The summed E-state index contributed by atoms with van der Waals surface area (Å²) < 4.78 is 0. The molecule has 1 aliphatic heterocycles. The Hall–Kier alpha value is -1.73. The van der Waals surface area contributed by atoms with Crippen molar-refractivity contribution in [2.75, 3.05) is 17.2 Å². The quantitative estimate of drug-likeness (QED) is 0.572. The molecule has 3 nitrogen and oxygen atoms in total. The number of carbonyl (C=O) groups is 2. The predicted molar refractivity (Wildman–Crippen MR) is 63.7 cm³/mol. The van der Waals surface area contributed by atoms with E-state index in [4.69, 9.17) is 6.42 Å². The molecule has 1 heterocycles. The van der Waals surface area contributed by atoms with E-state index in [1.807, 2.05) is 6.07 Å². The predicted octanol–water partition coefficient (Wildman–Crippen LogP) is 1.57. The molecule has 0 saturated heterocycles. The van der Waals surface area contributed by atoms with E-state index in [1.165, 1.54) is 11.8 Å². The molecule has 0 aliphatic carbocycles. The molecule has 4 heteroatoms. The zero-order valence-electron chi connectivity index (χ0n) is 8.47. The summed E-state index contributed by atoms with van der Waals surface area (Å²) in [6.45, 7) is 0.245. The molecule has 2 rings (SSSR count). The maximum atomic E-state index is 11.7. The summed E-state index contributed by atoms with van der Waals surface area (Å²) >= 11 is 1.47. The van der Waals surface area contributed by atoms with Crippen LogP contribution in [0.1, 0.15) is 10.4 Å². The smallest absolute Gasteiger partial charge is 0.238 e. The monoisotopic (exact) mass is 231 g/mol. The van der Waals surface area contributed by atoms with E-state index in [2.05, 4.69) is 5.92 Å². The lowest BCUT2D eigenvalue weighted by Gasteiger charge is -2.27. The molecule has 1 amide bonds. The van der Waals surface area contributed by atoms with Crippen molar-refractivity contribution in [3.05, 3.63) is 23.8 Å². The van der Waals surface area contributed by atoms with Crippen LogP contribution in [0.3, 0.4) is 0 Å². The van der Waals surface area contributed by atoms with Gasteiger partial charge in [-0.05, 0) is 12.1 Å². The number of fused-ring (bicyclic) bond motifs is 1. The van der Waals surface area contributed by atoms with Gasteiger partial charge in [0.05, 0.1) is 18.0 Å². The molecule has 0 atom stereocenters. The van der Waals surface area contributed by atoms with Gasteiger partial charge in [0.2, 0.25) is 5.91 Å². The number of hydrogen-bond acceptors (Lipinski definition) is 3. The maximum absolute atomic E-state index is 11.7. The average molecular weight is 231 g/mol. The highest BCUT2D eigenvalue weighted by Crippen LogP contribution is 2.35. The Morgan fingerprint density at radius 3 is 3.06 bits per heavy atom. The molecule has 16 heavy (non-hydrogen) atoms. The van der Waals surface area contributed by atoms with Crippen molar-refractivity contribution in [1.82, 2.24) is 0 Å². The lowest BCUT2D eigenvalue weighted by atomic mass is 10.2. The third-order valence-corrected chi connectivity index (χ3v) is 3.36. The molecule has 0 radical (unpaired) electrons. The zero-order valence-corrected chi connectivity index (χ0v) is 9.29. The van der Waals surface area contributed by atoms with Crippen molar-refractivity contribution in [1.29, 1.82) is 0 Å². The van der Waals surface area contributed by atoms with E-state index in [-0.39, 0.29) is 12.5 Å². The number of terminal acetylenes is 1. The van der Waals surface area contributed by atoms with Crippen molar-refractivity contribution in [3.63, 3.8) is 0 Å². The molecule has 0 aromatic heterocycles. The molecule has 1 aromatic carbocycles. The van der Waals surface area contributed by atoms with E-state index >= 15 is 0 Å². The van der Waals surface area contributed by atoms with Gasteiger partial charge in [-0.3, -0.25) is 14.5 Å². The minimum atomic E-state index is -0.0153. The van der Waals surface area contributed by atoms with Gasteiger partial charge in [0.15, 0.2) is 0 Å². The van der Waals surface area contributed by atoms with E-state index in [0.717, 1.165) is 16.9 Å². The Bertz CT molecular complexity index is 490. The number of carbonyl (C=O) groups excluding carboxylic acids is 2. The van der Waals surface area contributed by atoms with Crippen molar-refractivity contribution >= 4 is 29.6 Å². The second kappa shape index (κ2) is 4.42. The van der Waals surface area contributed by atoms with Gasteiger partial charge in [0.1, 0.15) is 6.29 Å². The second-order valence-electron chi connectivity index (χ2n) is 3.32. The average Bonchev–Trinajstić information content (AvgIpc) is 2.32. The van der Waals surface area contributed by atoms with Crippen LogP contribution in [-0.2, 0) is 4.79 Å². The molecule has 1 aliphatic rings. The molecule has 0 unspecified atom stereocenters. The Labute approximate surface area is 97.8 Å². The first-order valence-electron chi connectivity index (χ1n) is 4.72. The van der Waals surface area contributed by atoms with Crippen LogP contribution in [-0.4, -0.2) is 24.5 Å². The fraction of sp³-hybridized carbons (Fsp3) is 0.167. The number of amides is 1. The van der Waals surface area contributed by atoms with Crippen LogP contribution in [0.2, 0.25) is 0 Å². The lowest BCUT2D eigenvalue weighted by molar-refractivity contribution is -0.116. The fourth-order valence-electron chi connectivity index (χ4n) is 1.56. The molecule has 80 valence electrons. The summed E-state index contributed by atoms with van der Waals surface area (Å²) in [6.07, 6.45) is 5.99. The van der Waals surface area contributed by atoms with Crippen LogP contribution >= 0.6 is 11.8 Å². The summed E-state index contributed by atoms with van der Waals surface area (Å²) in [7, 11) is 0. The van der Waals surface area contributed by atoms with Crippen LogP contribution in [0.25, 0.3) is 0 Å². The lowest BCUT2D eigenvalue weighted by Crippen LogP contribution is -2.35.